The lowest BCUT2D eigenvalue weighted by molar-refractivity contribution is -0.123. The van der Waals surface area contributed by atoms with Crippen LogP contribution in [0.4, 0.5) is 11.4 Å². The van der Waals surface area contributed by atoms with Crippen molar-refractivity contribution in [1.82, 2.24) is 9.62 Å². The van der Waals surface area contributed by atoms with Crippen LogP contribution in [0.25, 0.3) is 0 Å². The molecule has 3 N–H and O–H groups in total. The summed E-state index contributed by atoms with van der Waals surface area (Å²) in [5.41, 5.74) is 1.65. The molecular weight excluding hydrogens is 416 g/mol. The Bertz CT molecular complexity index is 1010. The molecule has 9 heteroatoms. The average molecular weight is 447 g/mol. The molecule has 0 bridgehead atoms. The molecule has 31 heavy (non-hydrogen) atoms. The van der Waals surface area contributed by atoms with Gasteiger partial charge in [0.05, 0.1) is 17.5 Å². The van der Waals surface area contributed by atoms with Crippen molar-refractivity contribution in [2.24, 2.45) is 0 Å². The van der Waals surface area contributed by atoms with Crippen molar-refractivity contribution in [3.8, 4) is 0 Å². The first-order valence-corrected chi connectivity index (χ1v) is 11.6. The molecule has 0 saturated heterocycles. The van der Waals surface area contributed by atoms with Crippen LogP contribution in [0.3, 0.4) is 0 Å². The Morgan fingerprint density at radius 3 is 2.32 bits per heavy atom. The van der Waals surface area contributed by atoms with Gasteiger partial charge < -0.3 is 10.6 Å². The van der Waals surface area contributed by atoms with Gasteiger partial charge in [-0.15, -0.1) is 0 Å². The molecule has 0 radical (unpaired) electrons. The summed E-state index contributed by atoms with van der Waals surface area (Å²) in [5, 5.41) is 5.59. The fourth-order valence-corrected chi connectivity index (χ4v) is 4.09. The number of benzene rings is 2. The molecule has 2 aromatic carbocycles. The third-order valence-electron chi connectivity index (χ3n) is 4.86. The van der Waals surface area contributed by atoms with Crippen LogP contribution in [0, 0.1) is 6.92 Å². The van der Waals surface area contributed by atoms with Crippen molar-refractivity contribution in [1.29, 1.82) is 0 Å². The van der Waals surface area contributed by atoms with Crippen molar-refractivity contribution in [3.05, 3.63) is 54.1 Å². The number of aryl methyl sites for hydroxylation is 1. The fourth-order valence-electron chi connectivity index (χ4n) is 3.09. The molecule has 0 spiro atoms. The topological polar surface area (TPSA) is 108 Å². The minimum atomic E-state index is -3.64. The minimum Gasteiger partial charge on any atom is -0.325 e. The Balaban J connectivity index is 2.08. The van der Waals surface area contributed by atoms with Crippen LogP contribution in [-0.2, 0) is 19.6 Å². The standard InChI is InChI=1S/C22H30N4O4S/c1-5-13-26(17(3)22(28)25-18-9-7-6-8-10-18)15-21(27)24-19-12-11-16(2)20(14-19)31(29,30)23-4/h6-12,14,17,23H,5,13,15H2,1-4H3,(H,24,27)(H,25,28). The molecule has 0 aromatic heterocycles. The summed E-state index contributed by atoms with van der Waals surface area (Å²) in [7, 11) is -2.30. The third kappa shape index (κ3) is 6.88. The lowest BCUT2D eigenvalue weighted by Gasteiger charge is -2.27. The number of para-hydroxylation sites is 1. The first kappa shape index (κ1) is 24.5. The maximum atomic E-state index is 12.6. The zero-order valence-electron chi connectivity index (χ0n) is 18.3. The van der Waals surface area contributed by atoms with Crippen molar-refractivity contribution in [2.45, 2.75) is 38.1 Å². The molecule has 0 fully saturated rings. The number of nitrogens with zero attached hydrogens (tertiary/aromatic N) is 1. The van der Waals surface area contributed by atoms with E-state index in [4.69, 9.17) is 0 Å². The number of amides is 2. The molecule has 8 nitrogen and oxygen atoms in total. The number of carbonyl (C=O) groups is 2. The summed E-state index contributed by atoms with van der Waals surface area (Å²) >= 11 is 0. The highest BCUT2D eigenvalue weighted by Crippen LogP contribution is 2.20. The van der Waals surface area contributed by atoms with E-state index >= 15 is 0 Å². The van der Waals surface area contributed by atoms with E-state index in [0.29, 0.717) is 23.5 Å². The Morgan fingerprint density at radius 2 is 1.71 bits per heavy atom. The second-order valence-corrected chi connectivity index (χ2v) is 9.09. The van der Waals surface area contributed by atoms with Crippen LogP contribution in [0.5, 0.6) is 0 Å². The number of hydrogen-bond acceptors (Lipinski definition) is 5. The third-order valence-corrected chi connectivity index (χ3v) is 6.41. The maximum Gasteiger partial charge on any atom is 0.241 e. The average Bonchev–Trinajstić information content (AvgIpc) is 2.74. The van der Waals surface area contributed by atoms with Crippen molar-refractivity contribution < 1.29 is 18.0 Å². The van der Waals surface area contributed by atoms with Crippen LogP contribution < -0.4 is 15.4 Å². The van der Waals surface area contributed by atoms with Crippen LogP contribution in [-0.4, -0.2) is 51.3 Å². The minimum absolute atomic E-state index is 0.000790. The van der Waals surface area contributed by atoms with E-state index in [2.05, 4.69) is 15.4 Å². The summed E-state index contributed by atoms with van der Waals surface area (Å²) in [6.45, 7) is 5.97. The normalized spacial score (nSPS) is 12.4. The highest BCUT2D eigenvalue weighted by molar-refractivity contribution is 7.89. The number of hydrogen-bond donors (Lipinski definition) is 3. The molecule has 0 aliphatic rings. The maximum absolute atomic E-state index is 12.6. The van der Waals surface area contributed by atoms with Gasteiger partial charge in [0.25, 0.3) is 0 Å². The summed E-state index contributed by atoms with van der Waals surface area (Å²) in [6, 6.07) is 13.3. The quantitative estimate of drug-likeness (QED) is 0.520. The van der Waals surface area contributed by atoms with E-state index in [9.17, 15) is 18.0 Å². The number of carbonyl (C=O) groups excluding carboxylic acids is 2. The van der Waals surface area contributed by atoms with Crippen molar-refractivity contribution in [2.75, 3.05) is 30.8 Å². The number of anilines is 2. The summed E-state index contributed by atoms with van der Waals surface area (Å²) in [5.74, 6) is -0.533. The molecule has 0 aliphatic carbocycles. The van der Waals surface area contributed by atoms with Gasteiger partial charge in [-0.05, 0) is 63.7 Å². The molecule has 2 rings (SSSR count). The molecule has 1 atom stereocenters. The Kier molecular flexibility index (Phi) is 8.73. The zero-order valence-corrected chi connectivity index (χ0v) is 19.1. The van der Waals surface area contributed by atoms with E-state index in [1.54, 1.807) is 43.0 Å². The van der Waals surface area contributed by atoms with Crippen LogP contribution in [0.15, 0.2) is 53.4 Å². The molecule has 1 unspecified atom stereocenters. The van der Waals surface area contributed by atoms with Gasteiger partial charge in [-0.1, -0.05) is 31.2 Å². The van der Waals surface area contributed by atoms with Gasteiger partial charge >= 0.3 is 0 Å². The van der Waals surface area contributed by atoms with Crippen LogP contribution in [0.2, 0.25) is 0 Å². The van der Waals surface area contributed by atoms with Gasteiger partial charge in [0.2, 0.25) is 21.8 Å². The van der Waals surface area contributed by atoms with Gasteiger partial charge in [-0.3, -0.25) is 14.5 Å². The van der Waals surface area contributed by atoms with Gasteiger partial charge in [-0.2, -0.15) is 0 Å². The predicted molar refractivity (Wildman–Crippen MR) is 122 cm³/mol. The molecule has 0 saturated carbocycles. The van der Waals surface area contributed by atoms with E-state index in [1.807, 2.05) is 25.1 Å². The summed E-state index contributed by atoms with van der Waals surface area (Å²) in [6.07, 6.45) is 0.769. The molecule has 2 amide bonds. The monoisotopic (exact) mass is 446 g/mol. The number of nitrogens with one attached hydrogen (secondary N) is 3. The smallest absolute Gasteiger partial charge is 0.241 e. The van der Waals surface area contributed by atoms with E-state index < -0.39 is 16.1 Å². The van der Waals surface area contributed by atoms with Crippen molar-refractivity contribution in [3.63, 3.8) is 0 Å². The summed E-state index contributed by atoms with van der Waals surface area (Å²) in [4.78, 5) is 27.2. The predicted octanol–water partition coefficient (Wildman–Crippen LogP) is 2.58. The first-order valence-electron chi connectivity index (χ1n) is 10.1. The Labute approximate surface area is 184 Å². The lowest BCUT2D eigenvalue weighted by atomic mass is 10.2. The fraction of sp³-hybridized carbons (Fsp3) is 0.364. The highest BCUT2D eigenvalue weighted by Gasteiger charge is 2.23. The van der Waals surface area contributed by atoms with E-state index in [0.717, 1.165) is 6.42 Å². The number of rotatable bonds is 10. The lowest BCUT2D eigenvalue weighted by Crippen LogP contribution is -2.46. The number of sulfonamides is 1. The van der Waals surface area contributed by atoms with Gasteiger partial charge in [-0.25, -0.2) is 13.1 Å². The van der Waals surface area contributed by atoms with Crippen molar-refractivity contribution >= 4 is 33.2 Å². The molecule has 2 aromatic rings. The Hall–Kier alpha value is -2.75. The Morgan fingerprint density at radius 1 is 1.03 bits per heavy atom. The second kappa shape index (κ2) is 11.0. The van der Waals surface area contributed by atoms with Gasteiger partial charge in [0.15, 0.2) is 0 Å². The SMILES string of the molecule is CCCN(CC(=O)Nc1ccc(C)c(S(=O)(=O)NC)c1)C(C)C(=O)Nc1ccccc1. The summed E-state index contributed by atoms with van der Waals surface area (Å²) < 4.78 is 26.6. The molecule has 0 aliphatic heterocycles. The largest absolute Gasteiger partial charge is 0.325 e. The van der Waals surface area contributed by atoms with E-state index in [1.165, 1.54) is 13.1 Å². The van der Waals surface area contributed by atoms with E-state index in [-0.39, 0.29) is 23.3 Å². The zero-order chi connectivity index (χ0) is 23.0. The second-order valence-electron chi connectivity index (χ2n) is 7.24. The molecule has 168 valence electrons. The van der Waals surface area contributed by atoms with Gasteiger partial charge in [0, 0.05) is 11.4 Å². The molecular formula is C22H30N4O4S. The highest BCUT2D eigenvalue weighted by atomic mass is 32.2. The first-order chi connectivity index (χ1) is 14.7. The van der Waals surface area contributed by atoms with Gasteiger partial charge in [0.1, 0.15) is 0 Å². The van der Waals surface area contributed by atoms with Crippen LogP contribution in [0.1, 0.15) is 25.8 Å². The van der Waals surface area contributed by atoms with Crippen LogP contribution >= 0.6 is 0 Å². The molecule has 0 heterocycles.